The zero-order valence-electron chi connectivity index (χ0n) is 20.4. The predicted molar refractivity (Wildman–Crippen MR) is 131 cm³/mol. The molecular weight excluding hydrogens is 511 g/mol. The molecule has 12 heteroatoms. The topological polar surface area (TPSA) is 91.6 Å². The van der Waals surface area contributed by atoms with Crippen LogP contribution < -0.4 is 0 Å². The van der Waals surface area contributed by atoms with Crippen LogP contribution in [-0.2, 0) is 23.9 Å². The van der Waals surface area contributed by atoms with Gasteiger partial charge in [-0.25, -0.2) is 4.98 Å². The number of hydrogen-bond acceptors (Lipinski definition) is 6. The highest BCUT2D eigenvalue weighted by Crippen LogP contribution is 2.28. The summed E-state index contributed by atoms with van der Waals surface area (Å²) >= 11 is 6.34. The average Bonchev–Trinajstić information content (AvgIpc) is 3.19. The Bertz CT molecular complexity index is 1310. The summed E-state index contributed by atoms with van der Waals surface area (Å²) in [6.45, 7) is 6.52. The number of carbonyl (C=O) groups excluding carboxylic acids is 2. The number of nitrogens with zero attached hydrogens (tertiary/aromatic N) is 5. The summed E-state index contributed by atoms with van der Waals surface area (Å²) in [5.74, 6) is -0.688. The van der Waals surface area contributed by atoms with Gasteiger partial charge in [-0.2, -0.15) is 18.3 Å². The summed E-state index contributed by atoms with van der Waals surface area (Å²) in [5.41, 5.74) is -1.27. The van der Waals surface area contributed by atoms with E-state index in [1.807, 2.05) is 0 Å². The summed E-state index contributed by atoms with van der Waals surface area (Å²) in [5, 5.41) is 15.3. The third kappa shape index (κ3) is 6.85. The van der Waals surface area contributed by atoms with E-state index in [1.165, 1.54) is 10.7 Å². The first-order chi connectivity index (χ1) is 17.3. The zero-order valence-corrected chi connectivity index (χ0v) is 21.2. The van der Waals surface area contributed by atoms with Crippen molar-refractivity contribution in [3.05, 3.63) is 58.5 Å². The number of aromatic nitrogens is 3. The zero-order chi connectivity index (χ0) is 27.0. The Morgan fingerprint density at radius 2 is 1.81 bits per heavy atom. The number of pyridine rings is 1. The van der Waals surface area contributed by atoms with Crippen LogP contribution in [0.5, 0.6) is 0 Å². The number of halogens is 4. The van der Waals surface area contributed by atoms with E-state index in [0.29, 0.717) is 49.2 Å². The van der Waals surface area contributed by atoms with Crippen LogP contribution in [0.1, 0.15) is 35.6 Å². The number of aliphatic hydroxyl groups is 1. The third-order valence-electron chi connectivity index (χ3n) is 6.03. The van der Waals surface area contributed by atoms with Crippen molar-refractivity contribution >= 4 is 34.2 Å². The van der Waals surface area contributed by atoms with Gasteiger partial charge in [-0.3, -0.25) is 19.2 Å². The summed E-state index contributed by atoms with van der Waals surface area (Å²) in [7, 11) is 0. The Balaban J connectivity index is 1.42. The number of hydrogen-bond donors (Lipinski definition) is 1. The summed E-state index contributed by atoms with van der Waals surface area (Å²) in [4.78, 5) is 32.8. The van der Waals surface area contributed by atoms with Gasteiger partial charge in [0.05, 0.1) is 11.1 Å². The molecule has 1 saturated heterocycles. The maximum atomic E-state index is 12.9. The number of ketones is 1. The first-order valence-electron chi connectivity index (χ1n) is 11.7. The molecule has 2 aromatic heterocycles. The summed E-state index contributed by atoms with van der Waals surface area (Å²) in [6.07, 6.45) is -3.21. The second-order valence-corrected chi connectivity index (χ2v) is 10.2. The van der Waals surface area contributed by atoms with Crippen molar-refractivity contribution in [3.63, 3.8) is 0 Å². The van der Waals surface area contributed by atoms with Gasteiger partial charge in [-0.05, 0) is 43.7 Å². The maximum Gasteiger partial charge on any atom is 0.433 e. The molecular formula is C25H27ClF3N5O3. The smallest absolute Gasteiger partial charge is 0.389 e. The minimum Gasteiger partial charge on any atom is -0.389 e. The Labute approximate surface area is 216 Å². The number of rotatable bonds is 7. The number of β-amino-alcohol motifs (C(OH)–C–C–N with tert-alkyl or cyclic N) is 1. The van der Waals surface area contributed by atoms with E-state index in [4.69, 9.17) is 11.6 Å². The Hall–Kier alpha value is -3.02. The Morgan fingerprint density at radius 1 is 1.11 bits per heavy atom. The summed E-state index contributed by atoms with van der Waals surface area (Å²) in [6, 6.07) is 6.39. The van der Waals surface area contributed by atoms with Crippen LogP contribution in [0.15, 0.2) is 36.5 Å². The van der Waals surface area contributed by atoms with Crippen LogP contribution in [0.4, 0.5) is 13.2 Å². The molecule has 1 N–H and O–H groups in total. The fraction of sp³-hybridized carbons (Fsp3) is 0.440. The molecule has 8 nitrogen and oxygen atoms in total. The number of benzene rings is 1. The maximum absolute atomic E-state index is 12.9. The standard InChI is InChI=1S/C25H27ClF3N5O3/c1-24(2,37)15-32-6-8-33(9-7-32)23(36)14-34-13-17-10-16(18(26)12-20(17)31-34)11-21(35)19-4-3-5-22(30-19)25(27,28)29/h3-5,10,12-13,37H,6-9,11,14-15H2,1-2H3. The Morgan fingerprint density at radius 3 is 2.46 bits per heavy atom. The number of alkyl halides is 3. The molecule has 0 saturated carbocycles. The monoisotopic (exact) mass is 537 g/mol. The lowest BCUT2D eigenvalue weighted by molar-refractivity contribution is -0.141. The molecule has 37 heavy (non-hydrogen) atoms. The van der Waals surface area contributed by atoms with Crippen LogP contribution in [0.2, 0.25) is 5.02 Å². The van der Waals surface area contributed by atoms with Crippen LogP contribution in [-0.4, -0.2) is 79.7 Å². The van der Waals surface area contributed by atoms with E-state index < -0.39 is 23.3 Å². The van der Waals surface area contributed by atoms with Gasteiger partial charge in [0.15, 0.2) is 5.78 Å². The van der Waals surface area contributed by atoms with Gasteiger partial charge in [0.2, 0.25) is 5.91 Å². The molecule has 1 fully saturated rings. The highest BCUT2D eigenvalue weighted by molar-refractivity contribution is 6.32. The van der Waals surface area contributed by atoms with Crippen molar-refractivity contribution in [3.8, 4) is 0 Å². The predicted octanol–water partition coefficient (Wildman–Crippen LogP) is 3.44. The molecule has 0 bridgehead atoms. The highest BCUT2D eigenvalue weighted by Gasteiger charge is 2.33. The van der Waals surface area contributed by atoms with Crippen molar-refractivity contribution in [2.75, 3.05) is 32.7 Å². The molecule has 0 spiro atoms. The van der Waals surface area contributed by atoms with E-state index in [-0.39, 0.29) is 29.6 Å². The van der Waals surface area contributed by atoms with Gasteiger partial charge in [0.1, 0.15) is 17.9 Å². The molecule has 0 radical (unpaired) electrons. The second-order valence-electron chi connectivity index (χ2n) is 9.80. The molecule has 1 aromatic carbocycles. The average molecular weight is 538 g/mol. The van der Waals surface area contributed by atoms with Crippen molar-refractivity contribution in [1.29, 1.82) is 0 Å². The van der Waals surface area contributed by atoms with Gasteiger partial charge in [-0.1, -0.05) is 17.7 Å². The minimum atomic E-state index is -4.65. The molecule has 0 atom stereocenters. The van der Waals surface area contributed by atoms with Crippen molar-refractivity contribution < 1.29 is 27.9 Å². The number of Topliss-reactive ketones (excluding diaryl/α,β-unsaturated/α-hetero) is 1. The van der Waals surface area contributed by atoms with Gasteiger partial charge in [0, 0.05) is 55.8 Å². The number of amides is 1. The quantitative estimate of drug-likeness (QED) is 0.464. The first-order valence-corrected chi connectivity index (χ1v) is 12.1. The molecule has 4 rings (SSSR count). The van der Waals surface area contributed by atoms with E-state index in [9.17, 15) is 27.9 Å². The van der Waals surface area contributed by atoms with E-state index in [0.717, 1.165) is 12.1 Å². The van der Waals surface area contributed by atoms with Gasteiger partial charge in [-0.15, -0.1) is 0 Å². The van der Waals surface area contributed by atoms with E-state index in [2.05, 4.69) is 15.0 Å². The first kappa shape index (κ1) is 27.0. The third-order valence-corrected chi connectivity index (χ3v) is 6.38. The van der Waals surface area contributed by atoms with Crippen LogP contribution in [0.25, 0.3) is 10.9 Å². The van der Waals surface area contributed by atoms with Gasteiger partial charge in [0.25, 0.3) is 0 Å². The molecule has 198 valence electrons. The molecule has 1 aliphatic heterocycles. The fourth-order valence-corrected chi connectivity index (χ4v) is 4.54. The second kappa shape index (κ2) is 10.4. The molecule has 1 amide bonds. The number of fused-ring (bicyclic) bond motifs is 1. The van der Waals surface area contributed by atoms with Gasteiger partial charge < -0.3 is 10.0 Å². The van der Waals surface area contributed by atoms with Crippen LogP contribution in [0.3, 0.4) is 0 Å². The molecule has 1 aliphatic rings. The normalized spacial score (nSPS) is 15.4. The lowest BCUT2D eigenvalue weighted by atomic mass is 10.0. The number of carbonyl (C=O) groups is 2. The minimum absolute atomic E-state index is 0.0280. The summed E-state index contributed by atoms with van der Waals surface area (Å²) < 4.78 is 40.3. The van der Waals surface area contributed by atoms with Crippen molar-refractivity contribution in [2.24, 2.45) is 0 Å². The fourth-order valence-electron chi connectivity index (χ4n) is 4.31. The number of piperazine rings is 1. The molecule has 3 aromatic rings. The lowest BCUT2D eigenvalue weighted by Crippen LogP contribution is -2.52. The lowest BCUT2D eigenvalue weighted by Gasteiger charge is -2.37. The van der Waals surface area contributed by atoms with E-state index >= 15 is 0 Å². The molecule has 0 unspecified atom stereocenters. The van der Waals surface area contributed by atoms with Crippen LogP contribution >= 0.6 is 11.6 Å². The van der Waals surface area contributed by atoms with Crippen molar-refractivity contribution in [2.45, 2.75) is 38.6 Å². The Kier molecular flexibility index (Phi) is 7.59. The van der Waals surface area contributed by atoms with Crippen LogP contribution in [0, 0.1) is 0 Å². The van der Waals surface area contributed by atoms with Crippen molar-refractivity contribution in [1.82, 2.24) is 24.6 Å². The van der Waals surface area contributed by atoms with E-state index in [1.54, 1.807) is 37.1 Å². The highest BCUT2D eigenvalue weighted by atomic mass is 35.5. The SMILES string of the molecule is CC(C)(O)CN1CCN(C(=O)Cn2cc3cc(CC(=O)c4cccc(C(F)(F)F)n4)c(Cl)cc3n2)CC1. The molecule has 3 heterocycles. The van der Waals surface area contributed by atoms with Gasteiger partial charge >= 0.3 is 6.18 Å². The largest absolute Gasteiger partial charge is 0.433 e. The molecule has 0 aliphatic carbocycles.